The monoisotopic (exact) mass is 375 g/mol. The minimum Gasteiger partial charge on any atom is -0.335 e. The van der Waals surface area contributed by atoms with Gasteiger partial charge in [-0.25, -0.2) is 0 Å². The lowest BCUT2D eigenvalue weighted by Gasteiger charge is -2.30. The van der Waals surface area contributed by atoms with Crippen molar-refractivity contribution in [3.05, 3.63) is 22.4 Å². The van der Waals surface area contributed by atoms with Crippen molar-refractivity contribution in [2.75, 3.05) is 19.6 Å². The molecule has 3 amide bonds. The summed E-state index contributed by atoms with van der Waals surface area (Å²) in [7, 11) is 0. The molecule has 3 aliphatic rings. The number of carbonyl (C=O) groups excluding carboxylic acids is 3. The van der Waals surface area contributed by atoms with E-state index < -0.39 is 0 Å². The number of rotatable bonds is 6. The smallest absolute Gasteiger partial charge is 0.229 e. The number of thiophene rings is 1. The van der Waals surface area contributed by atoms with Gasteiger partial charge >= 0.3 is 0 Å². The molecule has 2 saturated heterocycles. The predicted molar refractivity (Wildman–Crippen MR) is 98.4 cm³/mol. The Balaban J connectivity index is 1.43. The third-order valence-corrected chi connectivity index (χ3v) is 6.81. The number of nitrogens with one attached hydrogen (secondary N) is 1. The highest BCUT2D eigenvalue weighted by atomic mass is 32.1. The molecular weight excluding hydrogens is 350 g/mol. The lowest BCUT2D eigenvalue weighted by molar-refractivity contribution is -0.139. The Morgan fingerprint density at radius 3 is 2.65 bits per heavy atom. The highest BCUT2D eigenvalue weighted by Crippen LogP contribution is 2.56. The molecular formula is C19H25N3O3S. The van der Waals surface area contributed by atoms with Crippen LogP contribution in [0.1, 0.15) is 44.1 Å². The summed E-state index contributed by atoms with van der Waals surface area (Å²) in [4.78, 5) is 39.9. The van der Waals surface area contributed by atoms with Crippen LogP contribution in [0.5, 0.6) is 0 Å². The van der Waals surface area contributed by atoms with Crippen LogP contribution in [-0.2, 0) is 20.9 Å². The maximum atomic E-state index is 13.0. The summed E-state index contributed by atoms with van der Waals surface area (Å²) >= 11 is 1.64. The predicted octanol–water partition coefficient (Wildman–Crippen LogP) is 1.76. The van der Waals surface area contributed by atoms with Crippen LogP contribution < -0.4 is 5.32 Å². The highest BCUT2D eigenvalue weighted by molar-refractivity contribution is 7.07. The van der Waals surface area contributed by atoms with Gasteiger partial charge in [-0.05, 0) is 60.2 Å². The fourth-order valence-electron chi connectivity index (χ4n) is 4.40. The molecule has 0 aromatic carbocycles. The molecule has 7 heteroatoms. The number of nitrogens with zero attached hydrogens (tertiary/aromatic N) is 2. The SMILES string of the molecule is O=C1CCC(=O)N1CCC(=O)N(Cc1ccsc1)C1CC12CCNCC2. The van der Waals surface area contributed by atoms with Gasteiger partial charge in [-0.1, -0.05) is 0 Å². The Labute approximate surface area is 157 Å². The largest absolute Gasteiger partial charge is 0.335 e. The Morgan fingerprint density at radius 2 is 2.00 bits per heavy atom. The van der Waals surface area contributed by atoms with Crippen molar-refractivity contribution in [3.63, 3.8) is 0 Å². The van der Waals surface area contributed by atoms with Crippen LogP contribution >= 0.6 is 11.3 Å². The molecule has 1 aliphatic carbocycles. The maximum Gasteiger partial charge on any atom is 0.229 e. The van der Waals surface area contributed by atoms with Gasteiger partial charge in [-0.2, -0.15) is 11.3 Å². The van der Waals surface area contributed by atoms with Crippen molar-refractivity contribution in [2.24, 2.45) is 5.41 Å². The molecule has 1 aromatic rings. The average molecular weight is 375 g/mol. The normalized spacial score (nSPS) is 24.3. The molecule has 1 saturated carbocycles. The number of carbonyl (C=O) groups is 3. The van der Waals surface area contributed by atoms with Crippen LogP contribution in [0.25, 0.3) is 0 Å². The second-order valence-corrected chi connectivity index (χ2v) is 8.45. The second kappa shape index (κ2) is 7.12. The third kappa shape index (κ3) is 3.42. The fraction of sp³-hybridized carbons (Fsp3) is 0.632. The van der Waals surface area contributed by atoms with Crippen molar-refractivity contribution >= 4 is 29.1 Å². The first-order chi connectivity index (χ1) is 12.6. The molecule has 6 nitrogen and oxygen atoms in total. The third-order valence-electron chi connectivity index (χ3n) is 6.08. The fourth-order valence-corrected chi connectivity index (χ4v) is 5.06. The van der Waals surface area contributed by atoms with Crippen LogP contribution in [0.3, 0.4) is 0 Å². The van der Waals surface area contributed by atoms with Gasteiger partial charge in [0.05, 0.1) is 0 Å². The molecule has 1 N–H and O–H groups in total. The van der Waals surface area contributed by atoms with E-state index in [0.717, 1.165) is 37.9 Å². The number of hydrogen-bond donors (Lipinski definition) is 1. The zero-order chi connectivity index (χ0) is 18.1. The lowest BCUT2D eigenvalue weighted by atomic mass is 9.93. The molecule has 1 spiro atoms. The molecule has 3 heterocycles. The summed E-state index contributed by atoms with van der Waals surface area (Å²) in [6.45, 7) is 2.89. The lowest BCUT2D eigenvalue weighted by Crippen LogP contribution is -2.40. The zero-order valence-electron chi connectivity index (χ0n) is 14.9. The number of hydrogen-bond acceptors (Lipinski definition) is 5. The molecule has 1 atom stereocenters. The first kappa shape index (κ1) is 17.7. The summed E-state index contributed by atoms with van der Waals surface area (Å²) < 4.78 is 0. The first-order valence-electron chi connectivity index (χ1n) is 9.43. The van der Waals surface area contributed by atoms with Gasteiger partial charge in [-0.15, -0.1) is 0 Å². The molecule has 2 aliphatic heterocycles. The van der Waals surface area contributed by atoms with Gasteiger partial charge in [0.25, 0.3) is 0 Å². The van der Waals surface area contributed by atoms with Gasteiger partial charge in [0.2, 0.25) is 17.7 Å². The minimum atomic E-state index is -0.145. The van der Waals surface area contributed by atoms with E-state index in [1.54, 1.807) is 11.3 Å². The minimum absolute atomic E-state index is 0.0594. The van der Waals surface area contributed by atoms with Crippen molar-refractivity contribution in [2.45, 2.75) is 51.1 Å². The van der Waals surface area contributed by atoms with Crippen molar-refractivity contribution in [1.82, 2.24) is 15.1 Å². The van der Waals surface area contributed by atoms with Crippen LogP contribution in [-0.4, -0.2) is 53.2 Å². The van der Waals surface area contributed by atoms with Crippen LogP contribution in [0.2, 0.25) is 0 Å². The van der Waals surface area contributed by atoms with E-state index in [9.17, 15) is 14.4 Å². The standard InChI is InChI=1S/C19H25N3O3S/c23-16-1-2-17(24)21(16)9-3-18(25)22(12-14-4-10-26-13-14)15-11-19(15)5-7-20-8-6-19/h4,10,13,15,20H,1-3,5-9,11-12H2. The van der Waals surface area contributed by atoms with E-state index in [1.807, 2.05) is 10.3 Å². The van der Waals surface area contributed by atoms with Crippen molar-refractivity contribution < 1.29 is 14.4 Å². The number of imide groups is 1. The van der Waals surface area contributed by atoms with Gasteiger partial charge in [0.15, 0.2) is 0 Å². The Hall–Kier alpha value is -1.73. The summed E-state index contributed by atoms with van der Waals surface area (Å²) in [6.07, 6.45) is 4.11. The molecule has 26 heavy (non-hydrogen) atoms. The molecule has 0 radical (unpaired) electrons. The van der Waals surface area contributed by atoms with E-state index in [1.165, 1.54) is 4.90 Å². The van der Waals surface area contributed by atoms with Gasteiger partial charge in [0, 0.05) is 38.4 Å². The zero-order valence-corrected chi connectivity index (χ0v) is 15.7. The molecule has 3 fully saturated rings. The summed E-state index contributed by atoms with van der Waals surface area (Å²) in [6, 6.07) is 2.36. The second-order valence-electron chi connectivity index (χ2n) is 7.67. The number of amides is 3. The topological polar surface area (TPSA) is 69.7 Å². The van der Waals surface area contributed by atoms with E-state index in [2.05, 4.69) is 16.8 Å². The van der Waals surface area contributed by atoms with E-state index in [0.29, 0.717) is 12.6 Å². The quantitative estimate of drug-likeness (QED) is 0.769. The van der Waals surface area contributed by atoms with E-state index >= 15 is 0 Å². The summed E-state index contributed by atoms with van der Waals surface area (Å²) in [5, 5.41) is 7.53. The van der Waals surface area contributed by atoms with Crippen molar-refractivity contribution in [1.29, 1.82) is 0 Å². The molecule has 140 valence electrons. The van der Waals surface area contributed by atoms with Gasteiger partial charge in [0.1, 0.15) is 0 Å². The molecule has 4 rings (SSSR count). The Bertz CT molecular complexity index is 681. The highest BCUT2D eigenvalue weighted by Gasteiger charge is 2.57. The van der Waals surface area contributed by atoms with E-state index in [-0.39, 0.29) is 48.9 Å². The summed E-state index contributed by atoms with van der Waals surface area (Å²) in [5.74, 6) is -0.231. The number of piperidine rings is 1. The summed E-state index contributed by atoms with van der Waals surface area (Å²) in [5.41, 5.74) is 1.43. The number of likely N-dealkylation sites (tertiary alicyclic amines) is 1. The molecule has 1 unspecified atom stereocenters. The first-order valence-corrected chi connectivity index (χ1v) is 10.4. The van der Waals surface area contributed by atoms with Crippen LogP contribution in [0, 0.1) is 5.41 Å². The Kier molecular flexibility index (Phi) is 4.84. The maximum absolute atomic E-state index is 13.0. The van der Waals surface area contributed by atoms with Crippen LogP contribution in [0.15, 0.2) is 16.8 Å². The Morgan fingerprint density at radius 1 is 1.27 bits per heavy atom. The van der Waals surface area contributed by atoms with Crippen LogP contribution in [0.4, 0.5) is 0 Å². The van der Waals surface area contributed by atoms with Crippen molar-refractivity contribution in [3.8, 4) is 0 Å². The molecule has 0 bridgehead atoms. The van der Waals surface area contributed by atoms with Gasteiger partial charge in [-0.3, -0.25) is 19.3 Å². The van der Waals surface area contributed by atoms with E-state index in [4.69, 9.17) is 0 Å². The average Bonchev–Trinajstić information content (AvgIpc) is 2.98. The van der Waals surface area contributed by atoms with Gasteiger partial charge < -0.3 is 10.2 Å². The molecule has 1 aromatic heterocycles.